The molecule has 5 rings (SSSR count). The molecule has 0 radical (unpaired) electrons. The molecule has 0 amide bonds. The minimum atomic E-state index is -0.882. The van der Waals surface area contributed by atoms with Gasteiger partial charge in [-0.25, -0.2) is 0 Å². The monoisotopic (exact) mass is 668 g/mol. The molecule has 0 unspecified atom stereocenters. The van der Waals surface area contributed by atoms with Crippen molar-refractivity contribution < 1.29 is 42.5 Å². The minimum absolute atomic E-state index is 0. The summed E-state index contributed by atoms with van der Waals surface area (Å²) >= 11 is 10.7. The first-order valence-electron chi connectivity index (χ1n) is 14.7. The Labute approximate surface area is 310 Å². The van der Waals surface area contributed by atoms with Crippen LogP contribution in [0.3, 0.4) is 0 Å². The fourth-order valence-electron chi connectivity index (χ4n) is 4.33. The Balaban J connectivity index is 0.000000639. The standard InChI is InChI=1S/C16H18NP.C14H12.C4H10O.C2H6Cl2NP.2Li/c1-17(2)18-15-9-5-3-7-13(15)11-12-14-8-4-6-10-16(14)18;1-3-7-13(8-4-1)11-12-14-9-5-2-6-10-14;1-3-5-4-2;1-5(2)6(3)4;;/h3-10H,11-12H2,1-2H3;1-7,9H,11-12H2;3-4H2,1-2H3;1-2H3;;/q;-2;;;2*+1. The molecular formula is C36H46Cl2Li2N2OP2. The summed E-state index contributed by atoms with van der Waals surface area (Å²) in [5.41, 5.74) is 5.58. The van der Waals surface area contributed by atoms with Gasteiger partial charge in [0.05, 0.1) is 0 Å². The van der Waals surface area contributed by atoms with E-state index in [-0.39, 0.29) is 45.8 Å². The molecule has 0 saturated carbocycles. The van der Waals surface area contributed by atoms with Crippen LogP contribution in [-0.2, 0) is 30.4 Å². The van der Waals surface area contributed by atoms with Crippen molar-refractivity contribution in [2.24, 2.45) is 0 Å². The van der Waals surface area contributed by atoms with Crippen LogP contribution in [0.2, 0.25) is 0 Å². The summed E-state index contributed by atoms with van der Waals surface area (Å²) in [7, 11) is 7.72. The molecule has 1 aliphatic rings. The zero-order chi connectivity index (χ0) is 31.5. The van der Waals surface area contributed by atoms with Gasteiger partial charge in [0.2, 0.25) is 0 Å². The smallest absolute Gasteiger partial charge is 0.382 e. The molecule has 0 bridgehead atoms. The number of ether oxygens (including phenoxy) is 1. The summed E-state index contributed by atoms with van der Waals surface area (Å²) in [4.78, 5) is 0. The van der Waals surface area contributed by atoms with E-state index in [9.17, 15) is 0 Å². The summed E-state index contributed by atoms with van der Waals surface area (Å²) < 4.78 is 8.98. The molecule has 4 aromatic carbocycles. The maximum atomic E-state index is 5.37. The van der Waals surface area contributed by atoms with Gasteiger partial charge < -0.3 is 4.74 Å². The number of nitrogens with zero attached hydrogens (tertiary/aromatic N) is 2. The second-order valence-electron chi connectivity index (χ2n) is 10.0. The first-order valence-corrected chi connectivity index (χ1v) is 19.1. The van der Waals surface area contributed by atoms with Gasteiger partial charge in [0.25, 0.3) is 0 Å². The van der Waals surface area contributed by atoms with Crippen molar-refractivity contribution in [1.29, 1.82) is 0 Å². The zero-order valence-corrected chi connectivity index (χ0v) is 31.7. The van der Waals surface area contributed by atoms with E-state index in [0.29, 0.717) is 0 Å². The third-order valence-corrected chi connectivity index (χ3v) is 11.4. The maximum absolute atomic E-state index is 5.37. The second kappa shape index (κ2) is 26.4. The normalized spacial score (nSPS) is 11.5. The van der Waals surface area contributed by atoms with Gasteiger partial charge in [-0.1, -0.05) is 71.0 Å². The number of hydrogen-bond acceptors (Lipinski definition) is 3. The Hall–Kier alpha value is -0.605. The molecule has 0 atom stereocenters. The molecule has 45 heavy (non-hydrogen) atoms. The van der Waals surface area contributed by atoms with Crippen molar-refractivity contribution >= 4 is 47.9 Å². The minimum Gasteiger partial charge on any atom is -0.382 e. The van der Waals surface area contributed by atoms with Gasteiger partial charge in [-0.05, 0) is 89.5 Å². The van der Waals surface area contributed by atoms with Crippen molar-refractivity contribution in [1.82, 2.24) is 9.34 Å². The van der Waals surface area contributed by atoms with Crippen LogP contribution in [0, 0.1) is 12.1 Å². The van der Waals surface area contributed by atoms with Crippen LogP contribution in [0.1, 0.15) is 36.1 Å². The van der Waals surface area contributed by atoms with Crippen LogP contribution in [0.4, 0.5) is 0 Å². The van der Waals surface area contributed by atoms with Gasteiger partial charge in [-0.15, -0.1) is 0 Å². The SMILES string of the molecule is CCOCC.CN(C)P(Cl)Cl.CN(C)P1c2ccccc2CCc2ccccc21.[Li+].[Li+].[c-]1ccccc1CCc1[c-]cccc1. The summed E-state index contributed by atoms with van der Waals surface area (Å²) in [6.07, 6.45) is 4.42. The van der Waals surface area contributed by atoms with E-state index >= 15 is 0 Å². The largest absolute Gasteiger partial charge is 1.00 e. The molecule has 0 N–H and O–H groups in total. The maximum Gasteiger partial charge on any atom is 1.00 e. The van der Waals surface area contributed by atoms with E-state index < -0.39 is 6.78 Å². The van der Waals surface area contributed by atoms with Gasteiger partial charge in [0.15, 0.2) is 6.78 Å². The van der Waals surface area contributed by atoms with Gasteiger partial charge in [-0.2, -0.15) is 71.8 Å². The zero-order valence-electron chi connectivity index (χ0n) is 28.4. The van der Waals surface area contributed by atoms with Crippen LogP contribution in [0.15, 0.2) is 97.1 Å². The fraction of sp³-hybridized carbons (Fsp3) is 0.333. The molecule has 1 heterocycles. The van der Waals surface area contributed by atoms with Gasteiger partial charge >= 0.3 is 37.7 Å². The molecule has 3 nitrogen and oxygen atoms in total. The van der Waals surface area contributed by atoms with Gasteiger partial charge in [0.1, 0.15) is 0 Å². The van der Waals surface area contributed by atoms with Crippen molar-refractivity contribution in [3.8, 4) is 0 Å². The number of hydrogen-bond donors (Lipinski definition) is 0. The molecule has 0 spiro atoms. The Kier molecular flexibility index (Phi) is 26.0. The van der Waals surface area contributed by atoms with E-state index in [2.05, 4.69) is 104 Å². The van der Waals surface area contributed by atoms with Crippen LogP contribution in [-0.4, -0.2) is 50.7 Å². The summed E-state index contributed by atoms with van der Waals surface area (Å²) in [6.45, 7) is 4.78. The first-order chi connectivity index (χ1) is 20.8. The Bertz CT molecular complexity index is 1190. The molecular weight excluding hydrogens is 623 g/mol. The van der Waals surface area contributed by atoms with Crippen LogP contribution >= 0.6 is 37.3 Å². The van der Waals surface area contributed by atoms with Gasteiger partial charge in [-0.3, -0.25) is 9.34 Å². The van der Waals surface area contributed by atoms with Crippen molar-refractivity contribution in [3.05, 3.63) is 131 Å². The summed E-state index contributed by atoms with van der Waals surface area (Å²) in [5.74, 6) is 0. The molecule has 0 fully saturated rings. The number of aryl methyl sites for hydroxylation is 4. The number of rotatable bonds is 7. The Morgan fingerprint density at radius 2 is 1.04 bits per heavy atom. The van der Waals surface area contributed by atoms with E-state index in [0.717, 1.165) is 26.1 Å². The molecule has 4 aromatic rings. The third-order valence-electron chi connectivity index (χ3n) is 6.42. The summed E-state index contributed by atoms with van der Waals surface area (Å²) in [6, 6.07) is 40.6. The van der Waals surface area contributed by atoms with Crippen LogP contribution in [0.25, 0.3) is 0 Å². The van der Waals surface area contributed by atoms with Crippen molar-refractivity contribution in [2.75, 3.05) is 41.4 Å². The van der Waals surface area contributed by atoms with E-state index in [1.165, 1.54) is 45.7 Å². The number of benzene rings is 4. The van der Waals surface area contributed by atoms with Crippen LogP contribution in [0.5, 0.6) is 0 Å². The predicted molar refractivity (Wildman–Crippen MR) is 193 cm³/mol. The molecule has 9 heteroatoms. The molecule has 0 saturated heterocycles. The second-order valence-corrected chi connectivity index (χ2v) is 16.1. The van der Waals surface area contributed by atoms with Gasteiger partial charge in [0, 0.05) is 21.3 Å². The van der Waals surface area contributed by atoms with E-state index in [1.54, 1.807) is 4.67 Å². The van der Waals surface area contributed by atoms with E-state index in [1.807, 2.05) is 52.2 Å². The first kappa shape index (κ1) is 44.4. The molecule has 0 aliphatic carbocycles. The van der Waals surface area contributed by atoms with E-state index in [4.69, 9.17) is 27.2 Å². The average Bonchev–Trinajstić information content (AvgIpc) is 3.19. The summed E-state index contributed by atoms with van der Waals surface area (Å²) in [5, 5.41) is 3.06. The number of halogens is 2. The molecule has 232 valence electrons. The number of fused-ring (bicyclic) bond motifs is 2. The Morgan fingerprint density at radius 3 is 1.33 bits per heavy atom. The van der Waals surface area contributed by atoms with Crippen molar-refractivity contribution in [3.63, 3.8) is 0 Å². The topological polar surface area (TPSA) is 15.7 Å². The molecule has 0 aromatic heterocycles. The quantitative estimate of drug-likeness (QED) is 0.171. The van der Waals surface area contributed by atoms with Crippen molar-refractivity contribution in [2.45, 2.75) is 39.5 Å². The average molecular weight is 670 g/mol. The predicted octanol–water partition coefficient (Wildman–Crippen LogP) is 3.07. The molecule has 1 aliphatic heterocycles. The fourth-order valence-corrected chi connectivity index (χ4v) is 6.83. The Morgan fingerprint density at radius 1 is 0.667 bits per heavy atom. The van der Waals surface area contributed by atoms with Crippen LogP contribution < -0.4 is 48.3 Å². The third kappa shape index (κ3) is 17.4.